The van der Waals surface area contributed by atoms with E-state index < -0.39 is 28.9 Å². The largest absolute Gasteiger partial charge is 0.481 e. The van der Waals surface area contributed by atoms with Gasteiger partial charge in [-0.1, -0.05) is 0 Å². The van der Waals surface area contributed by atoms with Crippen molar-refractivity contribution in [3.05, 3.63) is 33.1 Å². The number of aliphatic carboxylic acids is 1. The van der Waals surface area contributed by atoms with Crippen LogP contribution in [0.1, 0.15) is 32.2 Å². The summed E-state index contributed by atoms with van der Waals surface area (Å²) in [5.74, 6) is -1.40. The van der Waals surface area contributed by atoms with Gasteiger partial charge < -0.3 is 15.1 Å². The number of piperidine rings is 1. The molecule has 0 spiro atoms. The van der Waals surface area contributed by atoms with E-state index in [9.17, 15) is 24.3 Å². The van der Waals surface area contributed by atoms with E-state index >= 15 is 0 Å². The molecule has 1 aromatic rings. The summed E-state index contributed by atoms with van der Waals surface area (Å²) in [4.78, 5) is 49.0. The molecule has 1 aliphatic rings. The Morgan fingerprint density at radius 3 is 2.65 bits per heavy atom. The lowest BCUT2D eigenvalue weighted by molar-refractivity contribution is -0.145. The normalized spacial score (nSPS) is 24.4. The van der Waals surface area contributed by atoms with Crippen LogP contribution in [0.2, 0.25) is 0 Å². The zero-order valence-corrected chi connectivity index (χ0v) is 12.7. The molecule has 9 heteroatoms. The smallest absolute Gasteiger partial charge is 0.328 e. The number of hydrogen-bond donors (Lipinski definition) is 3. The number of β-amino-alcohol motifs (C(OH)–C–C–N with tert-alkyl or cyclic N) is 1. The standard InChI is InChI=1S/C14H19N3O6/c1-14(23)8-16(11(19)2-3-12(20)21)6-4-9(14)17-7-5-10(18)15-13(17)22/h5,7,9,23H,2-4,6,8H2,1H3,(H,20,21)(H,15,18,22)/t9-,14-/m1/s1. The van der Waals surface area contributed by atoms with Crippen LogP contribution in [0.3, 0.4) is 0 Å². The number of aliphatic hydroxyl groups is 1. The number of rotatable bonds is 4. The molecule has 3 N–H and O–H groups in total. The second kappa shape index (κ2) is 6.37. The number of aromatic nitrogens is 2. The highest BCUT2D eigenvalue weighted by Crippen LogP contribution is 2.30. The fourth-order valence-electron chi connectivity index (χ4n) is 2.86. The van der Waals surface area contributed by atoms with Gasteiger partial charge in [-0.15, -0.1) is 0 Å². The van der Waals surface area contributed by atoms with Crippen molar-refractivity contribution in [3.63, 3.8) is 0 Å². The Labute approximate surface area is 131 Å². The molecule has 126 valence electrons. The number of carboxylic acids is 1. The summed E-state index contributed by atoms with van der Waals surface area (Å²) in [6, 6.07) is 0.609. The van der Waals surface area contributed by atoms with E-state index in [1.807, 2.05) is 0 Å². The maximum absolute atomic E-state index is 12.0. The van der Waals surface area contributed by atoms with Crippen LogP contribution in [0.15, 0.2) is 21.9 Å². The summed E-state index contributed by atoms with van der Waals surface area (Å²) in [6.45, 7) is 1.79. The Morgan fingerprint density at radius 1 is 1.39 bits per heavy atom. The first-order valence-electron chi connectivity index (χ1n) is 7.24. The predicted molar refractivity (Wildman–Crippen MR) is 79.1 cm³/mol. The van der Waals surface area contributed by atoms with Crippen LogP contribution in [0.25, 0.3) is 0 Å². The second-order valence-corrected chi connectivity index (χ2v) is 5.89. The average Bonchev–Trinajstić information content (AvgIpc) is 2.44. The van der Waals surface area contributed by atoms with Gasteiger partial charge in [0.05, 0.1) is 19.0 Å². The van der Waals surface area contributed by atoms with Gasteiger partial charge in [0.1, 0.15) is 5.60 Å². The zero-order chi connectivity index (χ0) is 17.2. The first kappa shape index (κ1) is 16.9. The minimum absolute atomic E-state index is 0.0122. The molecule has 0 unspecified atom stereocenters. The first-order valence-corrected chi connectivity index (χ1v) is 7.24. The number of carboxylic acid groups (broad SMARTS) is 1. The molecule has 1 saturated heterocycles. The van der Waals surface area contributed by atoms with E-state index in [4.69, 9.17) is 5.11 Å². The summed E-state index contributed by atoms with van der Waals surface area (Å²) in [7, 11) is 0. The van der Waals surface area contributed by atoms with E-state index in [2.05, 4.69) is 4.98 Å². The number of H-pyrrole nitrogens is 1. The summed E-state index contributed by atoms with van der Waals surface area (Å²) >= 11 is 0. The molecule has 2 heterocycles. The van der Waals surface area contributed by atoms with E-state index in [0.717, 1.165) is 0 Å². The number of nitrogens with one attached hydrogen (secondary N) is 1. The lowest BCUT2D eigenvalue weighted by atomic mass is 9.88. The van der Waals surface area contributed by atoms with Crippen molar-refractivity contribution in [2.45, 2.75) is 37.8 Å². The van der Waals surface area contributed by atoms with Crippen molar-refractivity contribution >= 4 is 11.9 Å². The van der Waals surface area contributed by atoms with Crippen molar-refractivity contribution in [1.82, 2.24) is 14.5 Å². The van der Waals surface area contributed by atoms with Gasteiger partial charge in [0, 0.05) is 25.2 Å². The fourth-order valence-corrected chi connectivity index (χ4v) is 2.86. The summed E-state index contributed by atoms with van der Waals surface area (Å²) in [5, 5.41) is 19.2. The molecule has 0 saturated carbocycles. The Morgan fingerprint density at radius 2 is 2.09 bits per heavy atom. The van der Waals surface area contributed by atoms with Crippen molar-refractivity contribution in [3.8, 4) is 0 Å². The molecule has 0 aliphatic carbocycles. The minimum Gasteiger partial charge on any atom is -0.481 e. The highest BCUT2D eigenvalue weighted by atomic mass is 16.4. The van der Waals surface area contributed by atoms with E-state index in [-0.39, 0.29) is 25.3 Å². The molecular formula is C14H19N3O6. The van der Waals surface area contributed by atoms with Crippen molar-refractivity contribution in [2.24, 2.45) is 0 Å². The van der Waals surface area contributed by atoms with Gasteiger partial charge in [0.25, 0.3) is 5.56 Å². The molecule has 1 amide bonds. The Bertz CT molecular complexity index is 720. The average molecular weight is 325 g/mol. The number of aromatic amines is 1. The third-order valence-corrected chi connectivity index (χ3v) is 3.99. The molecule has 0 aromatic carbocycles. The van der Waals surface area contributed by atoms with Crippen LogP contribution >= 0.6 is 0 Å². The topological polar surface area (TPSA) is 133 Å². The van der Waals surface area contributed by atoms with Gasteiger partial charge in [0.2, 0.25) is 5.91 Å². The molecule has 0 bridgehead atoms. The van der Waals surface area contributed by atoms with Gasteiger partial charge in [0.15, 0.2) is 0 Å². The number of likely N-dealkylation sites (tertiary alicyclic amines) is 1. The number of nitrogens with zero attached hydrogens (tertiary/aromatic N) is 2. The van der Waals surface area contributed by atoms with Gasteiger partial charge in [-0.25, -0.2) is 4.79 Å². The molecule has 23 heavy (non-hydrogen) atoms. The van der Waals surface area contributed by atoms with Crippen molar-refractivity contribution < 1.29 is 19.8 Å². The second-order valence-electron chi connectivity index (χ2n) is 5.89. The third kappa shape index (κ3) is 3.86. The molecule has 2 rings (SSSR count). The summed E-state index contributed by atoms with van der Waals surface area (Å²) in [6.07, 6.45) is 1.24. The molecule has 1 aliphatic heterocycles. The van der Waals surface area contributed by atoms with E-state index in [1.54, 1.807) is 0 Å². The molecule has 1 aromatic heterocycles. The predicted octanol–water partition coefficient (Wildman–Crippen LogP) is -1.07. The van der Waals surface area contributed by atoms with E-state index in [0.29, 0.717) is 13.0 Å². The van der Waals surface area contributed by atoms with Crippen LogP contribution in [-0.4, -0.2) is 55.2 Å². The number of amides is 1. The van der Waals surface area contributed by atoms with Crippen LogP contribution in [0.5, 0.6) is 0 Å². The Hall–Kier alpha value is -2.42. The van der Waals surface area contributed by atoms with Crippen LogP contribution in [0.4, 0.5) is 0 Å². The van der Waals surface area contributed by atoms with Gasteiger partial charge >= 0.3 is 11.7 Å². The SMILES string of the molecule is C[C@@]1(O)CN(C(=O)CCC(=O)O)CC[C@H]1n1ccc(=O)[nH]c1=O. The van der Waals surface area contributed by atoms with Crippen LogP contribution in [-0.2, 0) is 9.59 Å². The lowest BCUT2D eigenvalue weighted by Crippen LogP contribution is -2.56. The fraction of sp³-hybridized carbons (Fsp3) is 0.571. The third-order valence-electron chi connectivity index (χ3n) is 3.99. The van der Waals surface area contributed by atoms with Crippen LogP contribution in [0, 0.1) is 0 Å². The molecule has 0 radical (unpaired) electrons. The lowest BCUT2D eigenvalue weighted by Gasteiger charge is -2.43. The van der Waals surface area contributed by atoms with Gasteiger partial charge in [-0.3, -0.25) is 23.9 Å². The Kier molecular flexibility index (Phi) is 4.69. The maximum Gasteiger partial charge on any atom is 0.328 e. The highest BCUT2D eigenvalue weighted by Gasteiger charge is 2.40. The number of hydrogen-bond acceptors (Lipinski definition) is 5. The quantitative estimate of drug-likeness (QED) is 0.645. The van der Waals surface area contributed by atoms with Crippen LogP contribution < -0.4 is 11.2 Å². The summed E-state index contributed by atoms with van der Waals surface area (Å²) < 4.78 is 1.25. The summed E-state index contributed by atoms with van der Waals surface area (Å²) in [5.41, 5.74) is -2.51. The maximum atomic E-state index is 12.0. The van der Waals surface area contributed by atoms with Gasteiger partial charge in [-0.2, -0.15) is 0 Å². The molecule has 9 nitrogen and oxygen atoms in total. The molecule has 2 atom stereocenters. The molecular weight excluding hydrogens is 306 g/mol. The van der Waals surface area contributed by atoms with E-state index in [1.165, 1.54) is 28.7 Å². The molecule has 1 fully saturated rings. The highest BCUT2D eigenvalue weighted by molar-refractivity contribution is 5.80. The minimum atomic E-state index is -1.38. The number of carbonyl (C=O) groups excluding carboxylic acids is 1. The Balaban J connectivity index is 2.14. The monoisotopic (exact) mass is 325 g/mol. The number of carbonyl (C=O) groups is 2. The van der Waals surface area contributed by atoms with Crippen molar-refractivity contribution in [1.29, 1.82) is 0 Å². The first-order chi connectivity index (χ1) is 10.7. The van der Waals surface area contributed by atoms with Gasteiger partial charge in [-0.05, 0) is 13.3 Å². The zero-order valence-electron chi connectivity index (χ0n) is 12.7. The van der Waals surface area contributed by atoms with Crippen molar-refractivity contribution in [2.75, 3.05) is 13.1 Å².